The van der Waals surface area contributed by atoms with Crippen LogP contribution in [0.5, 0.6) is 0 Å². The Balaban J connectivity index is 2.33. The van der Waals surface area contributed by atoms with Crippen LogP contribution >= 0.6 is 22.9 Å². The average molecular weight is 360 g/mol. The second kappa shape index (κ2) is 6.19. The van der Waals surface area contributed by atoms with E-state index in [4.69, 9.17) is 11.6 Å². The van der Waals surface area contributed by atoms with Crippen molar-refractivity contribution < 1.29 is 9.59 Å². The van der Waals surface area contributed by atoms with Crippen LogP contribution in [0.15, 0.2) is 46.1 Å². The number of halogens is 1. The van der Waals surface area contributed by atoms with Gasteiger partial charge in [-0.05, 0) is 62.2 Å². The van der Waals surface area contributed by atoms with Crippen LogP contribution in [-0.4, -0.2) is 11.6 Å². The van der Waals surface area contributed by atoms with Crippen LogP contribution in [-0.2, 0) is 9.59 Å². The Labute approximate surface area is 150 Å². The number of thiophene rings is 1. The van der Waals surface area contributed by atoms with Gasteiger partial charge in [-0.3, -0.25) is 9.59 Å². The lowest BCUT2D eigenvalue weighted by atomic mass is 9.77. The third-order valence-corrected chi connectivity index (χ3v) is 5.61. The molecule has 24 heavy (non-hydrogen) atoms. The summed E-state index contributed by atoms with van der Waals surface area (Å²) in [6.45, 7) is 6.86. The minimum absolute atomic E-state index is 0.0300. The summed E-state index contributed by atoms with van der Waals surface area (Å²) >= 11 is 7.78. The fourth-order valence-electron chi connectivity index (χ4n) is 3.48. The van der Waals surface area contributed by atoms with Crippen LogP contribution in [0, 0.1) is 0 Å². The number of benzene rings is 1. The Morgan fingerprint density at radius 3 is 2.21 bits per heavy atom. The monoisotopic (exact) mass is 359 g/mol. The molecule has 124 valence electrons. The molecular weight excluding hydrogens is 342 g/mol. The van der Waals surface area contributed by atoms with Gasteiger partial charge in [0.05, 0.1) is 0 Å². The van der Waals surface area contributed by atoms with Crippen molar-refractivity contribution in [3.05, 3.63) is 56.7 Å². The minimum Gasteiger partial charge on any atom is -0.362 e. The van der Waals surface area contributed by atoms with E-state index in [9.17, 15) is 9.59 Å². The third-order valence-electron chi connectivity index (χ3n) is 4.40. The highest BCUT2D eigenvalue weighted by Gasteiger charge is 2.34. The number of ketones is 2. The molecule has 1 aromatic heterocycles. The highest BCUT2D eigenvalue weighted by Crippen LogP contribution is 2.43. The molecule has 2 heterocycles. The lowest BCUT2D eigenvalue weighted by Crippen LogP contribution is -2.29. The van der Waals surface area contributed by atoms with Crippen LogP contribution in [0.3, 0.4) is 0 Å². The molecule has 0 amide bonds. The van der Waals surface area contributed by atoms with Crippen molar-refractivity contribution in [1.29, 1.82) is 0 Å². The summed E-state index contributed by atoms with van der Waals surface area (Å²) < 4.78 is 1.09. The van der Waals surface area contributed by atoms with Crippen molar-refractivity contribution in [2.24, 2.45) is 0 Å². The lowest BCUT2D eigenvalue weighted by Gasteiger charge is -2.30. The van der Waals surface area contributed by atoms with E-state index >= 15 is 0 Å². The highest BCUT2D eigenvalue weighted by molar-refractivity contribution is 7.17. The van der Waals surface area contributed by atoms with Crippen molar-refractivity contribution in [3.63, 3.8) is 0 Å². The Kier molecular flexibility index (Phi) is 4.37. The van der Waals surface area contributed by atoms with Gasteiger partial charge in [0.25, 0.3) is 0 Å². The van der Waals surface area contributed by atoms with Crippen LogP contribution in [0.2, 0.25) is 5.02 Å². The summed E-state index contributed by atoms with van der Waals surface area (Å²) in [7, 11) is 0. The second-order valence-corrected chi connectivity index (χ2v) is 7.43. The Bertz CT molecular complexity index is 900. The zero-order valence-electron chi connectivity index (χ0n) is 14.0. The predicted octanol–water partition coefficient (Wildman–Crippen LogP) is 4.97. The van der Waals surface area contributed by atoms with E-state index in [1.165, 1.54) is 0 Å². The second-order valence-electron chi connectivity index (χ2n) is 6.08. The molecule has 3 nitrogen and oxygen atoms in total. The minimum atomic E-state index is -0.353. The van der Waals surface area contributed by atoms with Crippen molar-refractivity contribution in [1.82, 2.24) is 5.32 Å². The normalized spacial score (nSPS) is 15.9. The van der Waals surface area contributed by atoms with Crippen molar-refractivity contribution in [2.45, 2.75) is 33.6 Å². The molecule has 3 rings (SSSR count). The van der Waals surface area contributed by atoms with E-state index in [0.29, 0.717) is 16.2 Å². The molecule has 1 aliphatic rings. The summed E-state index contributed by atoms with van der Waals surface area (Å²) in [6.07, 6.45) is 0. The molecule has 0 radical (unpaired) electrons. The largest absolute Gasteiger partial charge is 0.362 e. The number of carbonyl (C=O) groups is 2. The van der Waals surface area contributed by atoms with Gasteiger partial charge in [-0.1, -0.05) is 11.6 Å². The first-order valence-electron chi connectivity index (χ1n) is 7.68. The van der Waals surface area contributed by atoms with Gasteiger partial charge in [0.15, 0.2) is 11.6 Å². The van der Waals surface area contributed by atoms with Crippen molar-refractivity contribution in [3.8, 4) is 0 Å². The summed E-state index contributed by atoms with van der Waals surface area (Å²) in [4.78, 5) is 24.7. The molecule has 0 saturated heterocycles. The molecule has 0 bridgehead atoms. The molecule has 0 unspecified atom stereocenters. The first-order valence-corrected chi connectivity index (χ1v) is 8.94. The molecule has 0 saturated carbocycles. The molecule has 0 fully saturated rings. The number of dihydropyridines is 1. The van der Waals surface area contributed by atoms with Gasteiger partial charge < -0.3 is 5.32 Å². The van der Waals surface area contributed by atoms with E-state index in [1.54, 1.807) is 25.2 Å². The number of rotatable bonds is 3. The number of allylic oxidation sites excluding steroid dienone is 4. The third kappa shape index (κ3) is 2.70. The van der Waals surface area contributed by atoms with Gasteiger partial charge in [-0.25, -0.2) is 0 Å². The van der Waals surface area contributed by atoms with E-state index in [1.807, 2.05) is 37.4 Å². The van der Waals surface area contributed by atoms with Gasteiger partial charge in [0, 0.05) is 38.2 Å². The van der Waals surface area contributed by atoms with E-state index < -0.39 is 0 Å². The molecule has 5 heteroatoms. The lowest BCUT2D eigenvalue weighted by molar-refractivity contribution is -0.114. The van der Waals surface area contributed by atoms with Crippen molar-refractivity contribution in [2.75, 3.05) is 0 Å². The standard InChI is InChI=1S/C19H18ClNO2S/c1-9-17(11(3)22)19(18(12(4)23)10(2)21-9)15-8-24-16-6-5-13(20)7-14(15)16/h5-8,19,21H,1-4H3. The number of carbonyl (C=O) groups excluding carboxylic acids is 2. The van der Waals surface area contributed by atoms with Crippen LogP contribution < -0.4 is 5.32 Å². The Morgan fingerprint density at radius 2 is 1.67 bits per heavy atom. The number of fused-ring (bicyclic) bond motifs is 1. The molecule has 0 aliphatic carbocycles. The average Bonchev–Trinajstić information content (AvgIpc) is 2.87. The zero-order valence-corrected chi connectivity index (χ0v) is 15.6. The first kappa shape index (κ1) is 16.9. The fourth-order valence-corrected chi connectivity index (χ4v) is 4.62. The fraction of sp³-hybridized carbons (Fsp3) is 0.263. The van der Waals surface area contributed by atoms with Gasteiger partial charge in [0.2, 0.25) is 0 Å². The number of Topliss-reactive ketones (excluding diaryl/α,β-unsaturated/α-hetero) is 2. The number of hydrogen-bond donors (Lipinski definition) is 1. The predicted molar refractivity (Wildman–Crippen MR) is 99.5 cm³/mol. The highest BCUT2D eigenvalue weighted by atomic mass is 35.5. The maximum absolute atomic E-state index is 12.3. The molecule has 2 aromatic rings. The molecule has 1 aliphatic heterocycles. The quantitative estimate of drug-likeness (QED) is 0.841. The molecular formula is C19H18ClNO2S. The molecule has 1 N–H and O–H groups in total. The summed E-state index contributed by atoms with van der Waals surface area (Å²) in [5.41, 5.74) is 3.86. The van der Waals surface area contributed by atoms with Crippen LogP contribution in [0.1, 0.15) is 39.2 Å². The first-order chi connectivity index (χ1) is 11.3. The van der Waals surface area contributed by atoms with Gasteiger partial charge in [-0.2, -0.15) is 0 Å². The SMILES string of the molecule is CC(=O)C1=C(C)NC(C)=C(C(C)=O)C1c1csc2ccc(Cl)cc12. The number of hydrogen-bond acceptors (Lipinski definition) is 4. The van der Waals surface area contributed by atoms with E-state index in [0.717, 1.165) is 27.0 Å². The molecule has 0 atom stereocenters. The van der Waals surface area contributed by atoms with Crippen LogP contribution in [0.25, 0.3) is 10.1 Å². The summed E-state index contributed by atoms with van der Waals surface area (Å²) in [6, 6.07) is 5.73. The number of nitrogens with one attached hydrogen (secondary N) is 1. The van der Waals surface area contributed by atoms with Gasteiger partial charge >= 0.3 is 0 Å². The van der Waals surface area contributed by atoms with E-state index in [2.05, 4.69) is 5.32 Å². The molecule has 1 aromatic carbocycles. The topological polar surface area (TPSA) is 46.2 Å². The maximum Gasteiger partial charge on any atom is 0.158 e. The molecule has 0 spiro atoms. The van der Waals surface area contributed by atoms with E-state index in [-0.39, 0.29) is 17.5 Å². The Morgan fingerprint density at radius 1 is 1.08 bits per heavy atom. The van der Waals surface area contributed by atoms with Gasteiger partial charge in [0.1, 0.15) is 0 Å². The summed E-state index contributed by atoms with van der Waals surface area (Å²) in [5.74, 6) is -0.413. The maximum atomic E-state index is 12.3. The smallest absolute Gasteiger partial charge is 0.158 e. The van der Waals surface area contributed by atoms with Gasteiger partial charge in [-0.15, -0.1) is 11.3 Å². The van der Waals surface area contributed by atoms with Crippen LogP contribution in [0.4, 0.5) is 0 Å². The summed E-state index contributed by atoms with van der Waals surface area (Å²) in [5, 5.41) is 6.86. The Hall–Kier alpha value is -1.91. The zero-order chi connectivity index (χ0) is 17.6. The van der Waals surface area contributed by atoms with Crippen molar-refractivity contribution >= 4 is 44.6 Å².